The highest BCUT2D eigenvalue weighted by atomic mass is 19.4. The zero-order valence-electron chi connectivity index (χ0n) is 11.3. The number of fused-ring (bicyclic) bond motifs is 1. The van der Waals surface area contributed by atoms with Crippen molar-refractivity contribution in [3.8, 4) is 0 Å². The molecule has 1 aliphatic rings. The van der Waals surface area contributed by atoms with Crippen LogP contribution in [0.5, 0.6) is 0 Å². The minimum Gasteiger partial charge on any atom is -0.376 e. The lowest BCUT2D eigenvalue weighted by Crippen LogP contribution is -2.33. The summed E-state index contributed by atoms with van der Waals surface area (Å²) in [6.45, 7) is 2.05. The van der Waals surface area contributed by atoms with Gasteiger partial charge in [0.05, 0.1) is 18.0 Å². The second-order valence-electron chi connectivity index (χ2n) is 5.20. The van der Waals surface area contributed by atoms with Crippen LogP contribution in [0.4, 0.5) is 13.2 Å². The quantitative estimate of drug-likeness (QED) is 0.925. The van der Waals surface area contributed by atoms with Crippen molar-refractivity contribution in [2.24, 2.45) is 0 Å². The molecule has 1 atom stereocenters. The standard InChI is InChI=1S/C13H14F3N3O2/c1-7-5-9-10(17-7)18-12(13(14,15)16)19(11(9)20)6-8-3-2-4-21-8/h5,8,17H,2-4,6H2,1H3. The minimum absolute atomic E-state index is 0.0339. The smallest absolute Gasteiger partial charge is 0.376 e. The number of nitrogens with one attached hydrogen (secondary N) is 1. The number of hydrogen-bond acceptors (Lipinski definition) is 3. The summed E-state index contributed by atoms with van der Waals surface area (Å²) in [5.74, 6) is -1.18. The van der Waals surface area contributed by atoms with Crippen LogP contribution in [0, 0.1) is 6.92 Å². The largest absolute Gasteiger partial charge is 0.449 e. The summed E-state index contributed by atoms with van der Waals surface area (Å²) in [5, 5.41) is 0.165. The number of aromatic amines is 1. The molecule has 0 radical (unpaired) electrons. The summed E-state index contributed by atoms with van der Waals surface area (Å²) >= 11 is 0. The van der Waals surface area contributed by atoms with E-state index in [1.807, 2.05) is 0 Å². The lowest BCUT2D eigenvalue weighted by Gasteiger charge is -2.17. The van der Waals surface area contributed by atoms with Crippen LogP contribution in [-0.2, 0) is 17.5 Å². The number of aryl methyl sites for hydroxylation is 1. The van der Waals surface area contributed by atoms with Gasteiger partial charge < -0.3 is 9.72 Å². The van der Waals surface area contributed by atoms with E-state index in [-0.39, 0.29) is 23.7 Å². The van der Waals surface area contributed by atoms with Crippen molar-refractivity contribution < 1.29 is 17.9 Å². The Morgan fingerprint density at radius 3 is 2.90 bits per heavy atom. The summed E-state index contributed by atoms with van der Waals surface area (Å²) in [7, 11) is 0. The Morgan fingerprint density at radius 1 is 1.52 bits per heavy atom. The molecule has 0 aromatic carbocycles. The third-order valence-electron chi connectivity index (χ3n) is 3.54. The second-order valence-corrected chi connectivity index (χ2v) is 5.20. The van der Waals surface area contributed by atoms with E-state index in [0.29, 0.717) is 23.3 Å². The van der Waals surface area contributed by atoms with Crippen molar-refractivity contribution >= 4 is 11.0 Å². The van der Waals surface area contributed by atoms with Crippen LogP contribution in [-0.4, -0.2) is 27.2 Å². The minimum atomic E-state index is -4.69. The van der Waals surface area contributed by atoms with Gasteiger partial charge in [-0.3, -0.25) is 9.36 Å². The van der Waals surface area contributed by atoms with Gasteiger partial charge in [0.15, 0.2) is 0 Å². The van der Waals surface area contributed by atoms with Gasteiger partial charge in [-0.2, -0.15) is 13.2 Å². The molecular weight excluding hydrogens is 287 g/mol. The SMILES string of the molecule is Cc1cc2c(=O)n(CC3CCCO3)c(C(F)(F)F)nc2[nH]1. The Labute approximate surface area is 117 Å². The van der Waals surface area contributed by atoms with Crippen LogP contribution in [0.25, 0.3) is 11.0 Å². The number of rotatable bonds is 2. The maximum atomic E-state index is 13.2. The van der Waals surface area contributed by atoms with Crippen LogP contribution in [0.2, 0.25) is 0 Å². The highest BCUT2D eigenvalue weighted by Crippen LogP contribution is 2.28. The van der Waals surface area contributed by atoms with E-state index in [4.69, 9.17) is 4.74 Å². The van der Waals surface area contributed by atoms with E-state index in [2.05, 4.69) is 9.97 Å². The Bertz CT molecular complexity index is 727. The van der Waals surface area contributed by atoms with Gasteiger partial charge in [0, 0.05) is 12.3 Å². The van der Waals surface area contributed by atoms with Crippen molar-refractivity contribution in [2.75, 3.05) is 6.61 Å². The first-order valence-electron chi connectivity index (χ1n) is 6.65. The van der Waals surface area contributed by atoms with Crippen LogP contribution in [0.15, 0.2) is 10.9 Å². The molecule has 1 N–H and O–H groups in total. The van der Waals surface area contributed by atoms with Gasteiger partial charge in [-0.25, -0.2) is 4.98 Å². The Kier molecular flexibility index (Phi) is 3.27. The normalized spacial score (nSPS) is 19.5. The van der Waals surface area contributed by atoms with Gasteiger partial charge in [0.1, 0.15) is 5.65 Å². The van der Waals surface area contributed by atoms with Gasteiger partial charge >= 0.3 is 6.18 Å². The topological polar surface area (TPSA) is 59.9 Å². The first-order chi connectivity index (χ1) is 9.86. The highest BCUT2D eigenvalue weighted by Gasteiger charge is 2.38. The number of halogens is 3. The lowest BCUT2D eigenvalue weighted by atomic mass is 10.2. The van der Waals surface area contributed by atoms with Crippen molar-refractivity contribution in [2.45, 2.75) is 38.6 Å². The fourth-order valence-electron chi connectivity index (χ4n) is 2.61. The van der Waals surface area contributed by atoms with Gasteiger partial charge in [-0.1, -0.05) is 0 Å². The molecule has 2 aromatic heterocycles. The summed E-state index contributed by atoms with van der Waals surface area (Å²) in [6, 6.07) is 1.51. The third-order valence-corrected chi connectivity index (χ3v) is 3.54. The van der Waals surface area contributed by atoms with E-state index in [1.54, 1.807) is 6.92 Å². The van der Waals surface area contributed by atoms with Gasteiger partial charge in [-0.15, -0.1) is 0 Å². The zero-order chi connectivity index (χ0) is 15.2. The van der Waals surface area contributed by atoms with Gasteiger partial charge in [0.2, 0.25) is 5.82 Å². The predicted molar refractivity (Wildman–Crippen MR) is 69.1 cm³/mol. The first-order valence-corrected chi connectivity index (χ1v) is 6.65. The number of alkyl halides is 3. The summed E-state index contributed by atoms with van der Waals surface area (Å²) < 4.78 is 45.5. The molecule has 0 saturated carbocycles. The van der Waals surface area contributed by atoms with Gasteiger partial charge in [-0.05, 0) is 25.8 Å². The highest BCUT2D eigenvalue weighted by molar-refractivity contribution is 5.75. The molecule has 114 valence electrons. The summed E-state index contributed by atoms with van der Waals surface area (Å²) in [4.78, 5) is 18.6. The predicted octanol–water partition coefficient (Wildman–Crippen LogP) is 2.23. The first kappa shape index (κ1) is 14.1. The fraction of sp³-hybridized carbons (Fsp3) is 0.538. The molecule has 2 aromatic rings. The second kappa shape index (κ2) is 4.87. The molecular formula is C13H14F3N3O2. The Balaban J connectivity index is 2.18. The number of ether oxygens (including phenoxy) is 1. The van der Waals surface area contributed by atoms with Gasteiger partial charge in [0.25, 0.3) is 5.56 Å². The van der Waals surface area contributed by atoms with Crippen molar-refractivity contribution in [1.82, 2.24) is 14.5 Å². The molecule has 0 spiro atoms. The average Bonchev–Trinajstić information content (AvgIpc) is 3.00. The molecule has 3 heterocycles. The third kappa shape index (κ3) is 2.55. The van der Waals surface area contributed by atoms with Crippen LogP contribution >= 0.6 is 0 Å². The average molecular weight is 301 g/mol. The van der Waals surface area contributed by atoms with E-state index in [0.717, 1.165) is 6.42 Å². The van der Waals surface area contributed by atoms with E-state index in [9.17, 15) is 18.0 Å². The van der Waals surface area contributed by atoms with Crippen LogP contribution < -0.4 is 5.56 Å². The van der Waals surface area contributed by atoms with E-state index in [1.165, 1.54) is 6.07 Å². The number of nitrogens with zero attached hydrogens (tertiary/aromatic N) is 2. The molecule has 8 heteroatoms. The Morgan fingerprint density at radius 2 is 2.29 bits per heavy atom. The van der Waals surface area contributed by atoms with Crippen molar-refractivity contribution in [3.63, 3.8) is 0 Å². The lowest BCUT2D eigenvalue weighted by molar-refractivity contribution is -0.148. The van der Waals surface area contributed by atoms with E-state index >= 15 is 0 Å². The number of aromatic nitrogens is 3. The molecule has 3 rings (SSSR count). The fourth-order valence-corrected chi connectivity index (χ4v) is 2.61. The maximum Gasteiger partial charge on any atom is 0.449 e. The molecule has 1 aliphatic heterocycles. The maximum absolute atomic E-state index is 13.2. The van der Waals surface area contributed by atoms with Crippen LogP contribution in [0.1, 0.15) is 24.4 Å². The molecule has 1 fully saturated rings. The zero-order valence-corrected chi connectivity index (χ0v) is 11.3. The van der Waals surface area contributed by atoms with Crippen molar-refractivity contribution in [3.05, 3.63) is 27.9 Å². The molecule has 21 heavy (non-hydrogen) atoms. The van der Waals surface area contributed by atoms with Crippen LogP contribution in [0.3, 0.4) is 0 Å². The Hall–Kier alpha value is -1.83. The summed E-state index contributed by atoms with van der Waals surface area (Å²) in [5.41, 5.74) is -0.127. The number of hydrogen-bond donors (Lipinski definition) is 1. The van der Waals surface area contributed by atoms with Crippen molar-refractivity contribution in [1.29, 1.82) is 0 Å². The molecule has 0 aliphatic carbocycles. The molecule has 0 bridgehead atoms. The molecule has 0 amide bonds. The molecule has 1 saturated heterocycles. The summed E-state index contributed by atoms with van der Waals surface area (Å²) in [6.07, 6.45) is -3.62. The van der Waals surface area contributed by atoms with E-state index < -0.39 is 17.6 Å². The molecule has 1 unspecified atom stereocenters. The monoisotopic (exact) mass is 301 g/mol. The molecule has 5 nitrogen and oxygen atoms in total. The number of H-pyrrole nitrogens is 1.